The maximum atomic E-state index is 12.5. The summed E-state index contributed by atoms with van der Waals surface area (Å²) in [6, 6.07) is 3.42. The summed E-state index contributed by atoms with van der Waals surface area (Å²) in [5, 5.41) is 0. The molecule has 0 radical (unpaired) electrons. The molecule has 1 unspecified atom stereocenters. The van der Waals surface area contributed by atoms with E-state index in [9.17, 15) is 14.4 Å². The van der Waals surface area contributed by atoms with Gasteiger partial charge in [0.25, 0.3) is 5.91 Å². The Kier molecular flexibility index (Phi) is 4.87. The van der Waals surface area contributed by atoms with E-state index in [0.717, 1.165) is 19.3 Å². The molecule has 1 aromatic heterocycles. The van der Waals surface area contributed by atoms with Crippen molar-refractivity contribution in [2.45, 2.75) is 32.2 Å². The van der Waals surface area contributed by atoms with Gasteiger partial charge in [0.05, 0.1) is 6.26 Å². The number of piperidine rings is 1. The Morgan fingerprint density at radius 1 is 1.00 bits per heavy atom. The molecule has 24 heavy (non-hydrogen) atoms. The molecule has 2 fully saturated rings. The Hall–Kier alpha value is -2.31. The predicted octanol–water partition coefficient (Wildman–Crippen LogP) is 0.965. The molecular formula is C17H23N3O4. The molecule has 3 rings (SSSR count). The molecule has 7 heteroatoms. The van der Waals surface area contributed by atoms with Crippen molar-refractivity contribution in [3.63, 3.8) is 0 Å². The van der Waals surface area contributed by atoms with Crippen LogP contribution >= 0.6 is 0 Å². The quantitative estimate of drug-likeness (QED) is 0.718. The Morgan fingerprint density at radius 2 is 1.71 bits per heavy atom. The molecule has 130 valence electrons. The van der Waals surface area contributed by atoms with Crippen LogP contribution in [0.25, 0.3) is 0 Å². The third kappa shape index (κ3) is 3.29. The first kappa shape index (κ1) is 16.5. The number of hydrogen-bond donors (Lipinski definition) is 0. The van der Waals surface area contributed by atoms with Gasteiger partial charge in [-0.2, -0.15) is 0 Å². The Bertz CT molecular complexity index is 605. The van der Waals surface area contributed by atoms with Crippen molar-refractivity contribution in [1.82, 2.24) is 14.7 Å². The largest absolute Gasteiger partial charge is 0.459 e. The summed E-state index contributed by atoms with van der Waals surface area (Å²) >= 11 is 0. The van der Waals surface area contributed by atoms with Crippen molar-refractivity contribution in [1.29, 1.82) is 0 Å². The minimum absolute atomic E-state index is 0.122. The Labute approximate surface area is 141 Å². The van der Waals surface area contributed by atoms with Crippen molar-refractivity contribution in [3.05, 3.63) is 24.2 Å². The van der Waals surface area contributed by atoms with Gasteiger partial charge in [0.15, 0.2) is 5.76 Å². The zero-order valence-electron chi connectivity index (χ0n) is 13.9. The maximum Gasteiger partial charge on any atom is 0.312 e. The number of carbonyl (C=O) groups is 3. The van der Waals surface area contributed by atoms with E-state index >= 15 is 0 Å². The lowest BCUT2D eigenvalue weighted by molar-refractivity contribution is -0.154. The van der Waals surface area contributed by atoms with Crippen LogP contribution in [0.4, 0.5) is 0 Å². The lowest BCUT2D eigenvalue weighted by Crippen LogP contribution is -2.56. The normalized spacial score (nSPS) is 21.7. The fourth-order valence-electron chi connectivity index (χ4n) is 3.33. The first-order valence-corrected chi connectivity index (χ1v) is 8.50. The maximum absolute atomic E-state index is 12.5. The van der Waals surface area contributed by atoms with Gasteiger partial charge < -0.3 is 19.1 Å². The summed E-state index contributed by atoms with van der Waals surface area (Å²) in [5.41, 5.74) is 0. The minimum atomic E-state index is -0.450. The van der Waals surface area contributed by atoms with E-state index in [-0.39, 0.29) is 11.9 Å². The highest BCUT2D eigenvalue weighted by Crippen LogP contribution is 2.17. The second kappa shape index (κ2) is 7.07. The Morgan fingerprint density at radius 3 is 2.33 bits per heavy atom. The zero-order valence-corrected chi connectivity index (χ0v) is 13.9. The van der Waals surface area contributed by atoms with Crippen molar-refractivity contribution in [2.24, 2.45) is 0 Å². The van der Waals surface area contributed by atoms with E-state index in [1.807, 2.05) is 6.92 Å². The average molecular weight is 333 g/mol. The van der Waals surface area contributed by atoms with Gasteiger partial charge in [0.1, 0.15) is 0 Å². The molecule has 0 bridgehead atoms. The number of hydrogen-bond acceptors (Lipinski definition) is 4. The SMILES string of the molecule is CC1CCCCN1C(=O)C(=O)N1CCN(C(=O)c2ccco2)CC1. The van der Waals surface area contributed by atoms with Crippen LogP contribution < -0.4 is 0 Å². The molecule has 0 saturated carbocycles. The highest BCUT2D eigenvalue weighted by atomic mass is 16.3. The third-order valence-electron chi connectivity index (χ3n) is 4.83. The third-order valence-corrected chi connectivity index (χ3v) is 4.83. The summed E-state index contributed by atoms with van der Waals surface area (Å²) in [5.74, 6) is -0.738. The molecule has 1 atom stereocenters. The van der Waals surface area contributed by atoms with Gasteiger partial charge >= 0.3 is 11.8 Å². The van der Waals surface area contributed by atoms with Gasteiger partial charge in [0, 0.05) is 38.8 Å². The molecular weight excluding hydrogens is 310 g/mol. The van der Waals surface area contributed by atoms with Crippen molar-refractivity contribution < 1.29 is 18.8 Å². The number of likely N-dealkylation sites (tertiary alicyclic amines) is 1. The fourth-order valence-corrected chi connectivity index (χ4v) is 3.33. The van der Waals surface area contributed by atoms with E-state index in [1.54, 1.807) is 26.8 Å². The van der Waals surface area contributed by atoms with Crippen LogP contribution in [0.15, 0.2) is 22.8 Å². The molecule has 0 aliphatic carbocycles. The van der Waals surface area contributed by atoms with Crippen LogP contribution in [0.3, 0.4) is 0 Å². The topological polar surface area (TPSA) is 74.1 Å². The lowest BCUT2D eigenvalue weighted by atomic mass is 10.0. The summed E-state index contributed by atoms with van der Waals surface area (Å²) in [4.78, 5) is 42.0. The van der Waals surface area contributed by atoms with Gasteiger partial charge in [0.2, 0.25) is 0 Å². The fraction of sp³-hybridized carbons (Fsp3) is 0.588. The van der Waals surface area contributed by atoms with Gasteiger partial charge in [-0.1, -0.05) is 0 Å². The van der Waals surface area contributed by atoms with Crippen LogP contribution in [-0.4, -0.2) is 71.2 Å². The molecule has 0 N–H and O–H groups in total. The number of furan rings is 1. The summed E-state index contributed by atoms with van der Waals surface area (Å²) in [7, 11) is 0. The smallest absolute Gasteiger partial charge is 0.312 e. The van der Waals surface area contributed by atoms with Crippen molar-refractivity contribution in [3.8, 4) is 0 Å². The standard InChI is InChI=1S/C17H23N3O4/c1-13-5-2-3-7-20(13)17(23)16(22)19-10-8-18(9-11-19)15(21)14-6-4-12-24-14/h4,6,12-13H,2-3,5,7-11H2,1H3. The summed E-state index contributed by atoms with van der Waals surface area (Å²) < 4.78 is 5.12. The van der Waals surface area contributed by atoms with E-state index < -0.39 is 11.8 Å². The van der Waals surface area contributed by atoms with Crippen molar-refractivity contribution in [2.75, 3.05) is 32.7 Å². The van der Waals surface area contributed by atoms with E-state index in [0.29, 0.717) is 38.5 Å². The molecule has 2 saturated heterocycles. The highest BCUT2D eigenvalue weighted by molar-refractivity contribution is 6.35. The lowest BCUT2D eigenvalue weighted by Gasteiger charge is -2.37. The molecule has 2 aliphatic rings. The molecule has 1 aromatic rings. The van der Waals surface area contributed by atoms with E-state index in [1.165, 1.54) is 6.26 Å². The van der Waals surface area contributed by atoms with Crippen LogP contribution in [0.5, 0.6) is 0 Å². The summed E-state index contributed by atoms with van der Waals surface area (Å²) in [6.45, 7) is 4.22. The minimum Gasteiger partial charge on any atom is -0.459 e. The first-order chi connectivity index (χ1) is 11.6. The van der Waals surface area contributed by atoms with Gasteiger partial charge in [-0.15, -0.1) is 0 Å². The molecule has 0 spiro atoms. The zero-order chi connectivity index (χ0) is 17.1. The molecule has 7 nitrogen and oxygen atoms in total. The summed E-state index contributed by atoms with van der Waals surface area (Å²) in [6.07, 6.45) is 4.47. The van der Waals surface area contributed by atoms with Gasteiger partial charge in [-0.3, -0.25) is 14.4 Å². The number of piperazine rings is 1. The average Bonchev–Trinajstić information content (AvgIpc) is 3.15. The molecule has 3 amide bonds. The van der Waals surface area contributed by atoms with Gasteiger partial charge in [-0.25, -0.2) is 0 Å². The van der Waals surface area contributed by atoms with E-state index in [2.05, 4.69) is 0 Å². The van der Waals surface area contributed by atoms with E-state index in [4.69, 9.17) is 4.42 Å². The van der Waals surface area contributed by atoms with Crippen LogP contribution in [-0.2, 0) is 9.59 Å². The molecule has 2 aliphatic heterocycles. The van der Waals surface area contributed by atoms with Crippen molar-refractivity contribution >= 4 is 17.7 Å². The second-order valence-electron chi connectivity index (χ2n) is 6.41. The monoisotopic (exact) mass is 333 g/mol. The number of carbonyl (C=O) groups excluding carboxylic acids is 3. The van der Waals surface area contributed by atoms with Crippen LogP contribution in [0.1, 0.15) is 36.7 Å². The number of rotatable bonds is 1. The predicted molar refractivity (Wildman–Crippen MR) is 86.2 cm³/mol. The first-order valence-electron chi connectivity index (χ1n) is 8.50. The van der Waals surface area contributed by atoms with Gasteiger partial charge in [-0.05, 0) is 38.3 Å². The number of amides is 3. The number of nitrogens with zero attached hydrogens (tertiary/aromatic N) is 3. The molecule has 3 heterocycles. The van der Waals surface area contributed by atoms with Crippen LogP contribution in [0, 0.1) is 0 Å². The molecule has 0 aromatic carbocycles. The highest BCUT2D eigenvalue weighted by Gasteiger charge is 2.33. The van der Waals surface area contributed by atoms with Crippen LogP contribution in [0.2, 0.25) is 0 Å². The second-order valence-corrected chi connectivity index (χ2v) is 6.41. The Balaban J connectivity index is 1.55.